The van der Waals surface area contributed by atoms with Gasteiger partial charge >= 0.3 is 6.03 Å². The van der Waals surface area contributed by atoms with Crippen LogP contribution in [0, 0.1) is 5.82 Å². The molecule has 3 aromatic rings. The van der Waals surface area contributed by atoms with Crippen molar-refractivity contribution in [3.05, 3.63) is 75.0 Å². The molecule has 1 aliphatic heterocycles. The molecule has 1 aliphatic rings. The number of halogens is 4. The smallest absolute Gasteiger partial charge is 0.326 e. The third-order valence-corrected chi connectivity index (χ3v) is 5.38. The number of anilines is 2. The third-order valence-electron chi connectivity index (χ3n) is 4.45. The van der Waals surface area contributed by atoms with E-state index in [-0.39, 0.29) is 27.4 Å². The fraction of sp³-hybridized carbons (Fsp3) is 0.0500. The molecule has 0 aliphatic carbocycles. The predicted molar refractivity (Wildman–Crippen MR) is 109 cm³/mol. The molecule has 4 nitrogen and oxygen atoms in total. The Kier molecular flexibility index (Phi) is 4.83. The quantitative estimate of drug-likeness (QED) is 0.479. The van der Waals surface area contributed by atoms with Crippen molar-refractivity contribution >= 4 is 52.2 Å². The Bertz CT molecular complexity index is 1100. The molecule has 0 atom stereocenters. The Morgan fingerprint density at radius 2 is 1.68 bits per heavy atom. The summed E-state index contributed by atoms with van der Waals surface area (Å²) in [6.07, 6.45) is 0. The van der Waals surface area contributed by atoms with Gasteiger partial charge in [0.15, 0.2) is 0 Å². The lowest BCUT2D eigenvalue weighted by Gasteiger charge is -2.32. The first-order valence-corrected chi connectivity index (χ1v) is 9.33. The Morgan fingerprint density at radius 3 is 2.36 bits per heavy atom. The molecule has 8 heteroatoms. The van der Waals surface area contributed by atoms with Crippen LogP contribution in [0.25, 0.3) is 11.1 Å². The molecular weight excluding hydrogens is 426 g/mol. The first kappa shape index (κ1) is 18.9. The molecule has 0 aromatic heterocycles. The highest BCUT2D eigenvalue weighted by molar-refractivity contribution is 6.40. The van der Waals surface area contributed by atoms with Crippen LogP contribution in [0.1, 0.15) is 5.56 Å². The lowest BCUT2D eigenvalue weighted by atomic mass is 9.95. The summed E-state index contributed by atoms with van der Waals surface area (Å²) in [6, 6.07) is 11.4. The molecule has 0 saturated heterocycles. The summed E-state index contributed by atoms with van der Waals surface area (Å²) in [7, 11) is 0. The zero-order valence-corrected chi connectivity index (χ0v) is 16.4. The van der Waals surface area contributed by atoms with Crippen LogP contribution < -0.4 is 10.2 Å². The number of carbonyl (C=O) groups excluding carboxylic acids is 1. The summed E-state index contributed by atoms with van der Waals surface area (Å²) in [5.41, 5.74) is 2.48. The van der Waals surface area contributed by atoms with Crippen molar-refractivity contribution in [2.75, 3.05) is 4.90 Å². The number of rotatable bonds is 2. The number of benzene rings is 3. The van der Waals surface area contributed by atoms with Crippen molar-refractivity contribution in [1.82, 2.24) is 5.32 Å². The van der Waals surface area contributed by atoms with Gasteiger partial charge in [0.2, 0.25) is 0 Å². The number of nitrogens with zero attached hydrogens (tertiary/aromatic N) is 1. The zero-order chi connectivity index (χ0) is 20.0. The van der Waals surface area contributed by atoms with Crippen LogP contribution in [0.4, 0.5) is 20.6 Å². The summed E-state index contributed by atoms with van der Waals surface area (Å²) in [4.78, 5) is 14.0. The number of fused-ring (bicyclic) bond motifs is 1. The number of phenolic OH excluding ortho intramolecular Hbond substituents is 1. The summed E-state index contributed by atoms with van der Waals surface area (Å²) >= 11 is 18.8. The number of hydrogen-bond acceptors (Lipinski definition) is 2. The van der Waals surface area contributed by atoms with Gasteiger partial charge in [0.05, 0.1) is 26.4 Å². The van der Waals surface area contributed by atoms with Gasteiger partial charge in [0.25, 0.3) is 0 Å². The van der Waals surface area contributed by atoms with Gasteiger partial charge in [-0.2, -0.15) is 0 Å². The second kappa shape index (κ2) is 7.17. The summed E-state index contributed by atoms with van der Waals surface area (Å²) in [5.74, 6) is -0.558. The standard InChI is InChI=1S/C20H12Cl3FN2O2/c21-15-2-1-3-16(22)19(15)26-18-8-11(27)7-13(14(18)9-25-20(26)28)12-5-4-10(24)6-17(12)23/h1-8,27H,9H2,(H,25,28). The second-order valence-corrected chi connectivity index (χ2v) is 7.40. The first-order chi connectivity index (χ1) is 13.4. The van der Waals surface area contributed by atoms with E-state index >= 15 is 0 Å². The number of aromatic hydroxyl groups is 1. The van der Waals surface area contributed by atoms with Gasteiger partial charge in [0.1, 0.15) is 11.6 Å². The van der Waals surface area contributed by atoms with Crippen LogP contribution in [0.3, 0.4) is 0 Å². The minimum Gasteiger partial charge on any atom is -0.508 e. The summed E-state index contributed by atoms with van der Waals surface area (Å²) < 4.78 is 13.5. The summed E-state index contributed by atoms with van der Waals surface area (Å²) in [6.45, 7) is 0.191. The van der Waals surface area contributed by atoms with Crippen LogP contribution in [0.2, 0.25) is 15.1 Å². The van der Waals surface area contributed by atoms with Crippen molar-refractivity contribution < 1.29 is 14.3 Å². The molecule has 0 unspecified atom stereocenters. The predicted octanol–water partition coefficient (Wildman–Crippen LogP) is 6.52. The van der Waals surface area contributed by atoms with E-state index in [4.69, 9.17) is 34.8 Å². The lowest BCUT2D eigenvalue weighted by molar-refractivity contribution is 0.247. The zero-order valence-electron chi connectivity index (χ0n) is 14.1. The highest BCUT2D eigenvalue weighted by Gasteiger charge is 2.31. The van der Waals surface area contributed by atoms with E-state index in [1.54, 1.807) is 18.2 Å². The normalized spacial score (nSPS) is 13.3. The maximum absolute atomic E-state index is 13.5. The molecule has 0 bridgehead atoms. The molecule has 28 heavy (non-hydrogen) atoms. The highest BCUT2D eigenvalue weighted by Crippen LogP contribution is 2.45. The van der Waals surface area contributed by atoms with E-state index in [2.05, 4.69) is 5.32 Å². The van der Waals surface area contributed by atoms with Crippen LogP contribution in [-0.4, -0.2) is 11.1 Å². The number of amides is 2. The molecular formula is C20H12Cl3FN2O2. The fourth-order valence-corrected chi connectivity index (χ4v) is 4.09. The Morgan fingerprint density at radius 1 is 0.964 bits per heavy atom. The van der Waals surface area contributed by atoms with Crippen LogP contribution >= 0.6 is 34.8 Å². The maximum atomic E-state index is 13.5. The molecule has 4 rings (SSSR count). The van der Waals surface area contributed by atoms with E-state index in [0.717, 1.165) is 0 Å². The molecule has 2 amide bonds. The number of phenols is 1. The molecule has 3 aromatic carbocycles. The van der Waals surface area contributed by atoms with Crippen molar-refractivity contribution in [3.8, 4) is 16.9 Å². The fourth-order valence-electron chi connectivity index (χ4n) is 3.25. The molecule has 0 radical (unpaired) electrons. The summed E-state index contributed by atoms with van der Waals surface area (Å²) in [5, 5.41) is 13.8. The second-order valence-electron chi connectivity index (χ2n) is 6.18. The van der Waals surface area contributed by atoms with Crippen molar-refractivity contribution in [2.45, 2.75) is 6.54 Å². The largest absolute Gasteiger partial charge is 0.508 e. The molecule has 142 valence electrons. The van der Waals surface area contributed by atoms with Gasteiger partial charge in [-0.15, -0.1) is 0 Å². The van der Waals surface area contributed by atoms with Crippen LogP contribution in [-0.2, 0) is 6.54 Å². The topological polar surface area (TPSA) is 52.6 Å². The first-order valence-electron chi connectivity index (χ1n) is 8.20. The number of para-hydroxylation sites is 1. The van der Waals surface area contributed by atoms with Crippen LogP contribution in [0.15, 0.2) is 48.5 Å². The van der Waals surface area contributed by atoms with E-state index in [0.29, 0.717) is 28.1 Å². The Labute approximate surface area is 175 Å². The maximum Gasteiger partial charge on any atom is 0.326 e. The van der Waals surface area contributed by atoms with E-state index in [9.17, 15) is 14.3 Å². The lowest BCUT2D eigenvalue weighted by Crippen LogP contribution is -2.41. The average Bonchev–Trinajstić information content (AvgIpc) is 2.62. The van der Waals surface area contributed by atoms with E-state index in [1.807, 2.05) is 0 Å². The van der Waals surface area contributed by atoms with E-state index in [1.165, 1.54) is 35.2 Å². The van der Waals surface area contributed by atoms with Gasteiger partial charge in [-0.25, -0.2) is 9.18 Å². The molecule has 0 fully saturated rings. The number of urea groups is 1. The Hall–Kier alpha value is -2.47. The molecule has 0 saturated carbocycles. The van der Waals surface area contributed by atoms with Gasteiger partial charge in [0, 0.05) is 23.7 Å². The SMILES string of the molecule is O=C1NCc2c(-c3ccc(F)cc3Cl)cc(O)cc2N1c1c(Cl)cccc1Cl. The molecule has 1 heterocycles. The number of hydrogen-bond donors (Lipinski definition) is 2. The monoisotopic (exact) mass is 436 g/mol. The highest BCUT2D eigenvalue weighted by atomic mass is 35.5. The minimum atomic E-state index is -0.472. The van der Waals surface area contributed by atoms with Gasteiger partial charge in [-0.05, 0) is 42.0 Å². The van der Waals surface area contributed by atoms with Gasteiger partial charge in [-0.1, -0.05) is 40.9 Å². The minimum absolute atomic E-state index is 0.0861. The van der Waals surface area contributed by atoms with Crippen molar-refractivity contribution in [3.63, 3.8) is 0 Å². The molecule has 0 spiro atoms. The number of carbonyl (C=O) groups is 1. The van der Waals surface area contributed by atoms with Gasteiger partial charge < -0.3 is 10.4 Å². The number of nitrogens with one attached hydrogen (secondary N) is 1. The molecule has 2 N–H and O–H groups in total. The van der Waals surface area contributed by atoms with Crippen molar-refractivity contribution in [2.24, 2.45) is 0 Å². The third kappa shape index (κ3) is 3.15. The van der Waals surface area contributed by atoms with E-state index < -0.39 is 11.8 Å². The van der Waals surface area contributed by atoms with Crippen LogP contribution in [0.5, 0.6) is 5.75 Å². The average molecular weight is 438 g/mol. The Balaban J connectivity index is 1.98. The van der Waals surface area contributed by atoms with Gasteiger partial charge in [-0.3, -0.25) is 4.90 Å². The van der Waals surface area contributed by atoms with Crippen molar-refractivity contribution in [1.29, 1.82) is 0 Å².